The van der Waals surface area contributed by atoms with E-state index in [1.807, 2.05) is 0 Å². The minimum absolute atomic E-state index is 0.629. The quantitative estimate of drug-likeness (QED) is 0.637. The van der Waals surface area contributed by atoms with Gasteiger partial charge in [0, 0.05) is 0 Å². The zero-order valence-electron chi connectivity index (χ0n) is 8.12. The van der Waals surface area contributed by atoms with Gasteiger partial charge in [-0.25, -0.2) is 0 Å². The summed E-state index contributed by atoms with van der Waals surface area (Å²) in [6.45, 7) is 0. The van der Waals surface area contributed by atoms with Gasteiger partial charge in [-0.3, -0.25) is 0 Å². The maximum absolute atomic E-state index is 10.1. The van der Waals surface area contributed by atoms with Crippen LogP contribution < -0.4 is 0 Å². The van der Waals surface area contributed by atoms with E-state index in [9.17, 15) is 5.11 Å². The molecule has 0 atom stereocenters. The lowest BCUT2D eigenvalue weighted by Gasteiger charge is -2.26. The molecule has 0 amide bonds. The van der Waals surface area contributed by atoms with Crippen molar-refractivity contribution in [3.63, 3.8) is 0 Å². The van der Waals surface area contributed by atoms with Gasteiger partial charge in [0.15, 0.2) is 5.76 Å². The third kappa shape index (κ3) is 2.18. The lowest BCUT2D eigenvalue weighted by Crippen LogP contribution is -2.29. The van der Waals surface area contributed by atoms with Gasteiger partial charge in [-0.1, -0.05) is 12.3 Å². The highest BCUT2D eigenvalue weighted by molar-refractivity contribution is 5.28. The van der Waals surface area contributed by atoms with Crippen LogP contribution in [-0.2, 0) is 0 Å². The van der Waals surface area contributed by atoms with E-state index in [1.165, 1.54) is 6.42 Å². The number of aliphatic hydroxyl groups is 1. The maximum atomic E-state index is 10.1. The average molecular weight is 190 g/mol. The molecular formula is C12H14O2. The van der Waals surface area contributed by atoms with E-state index in [0.29, 0.717) is 5.76 Å². The molecule has 0 saturated heterocycles. The molecule has 0 bridgehead atoms. The zero-order valence-corrected chi connectivity index (χ0v) is 8.12. The van der Waals surface area contributed by atoms with Gasteiger partial charge < -0.3 is 9.52 Å². The Labute approximate surface area is 83.9 Å². The molecule has 1 aromatic rings. The fraction of sp³-hybridized carbons (Fsp3) is 0.500. The molecule has 2 heteroatoms. The van der Waals surface area contributed by atoms with Crippen molar-refractivity contribution in [3.05, 3.63) is 24.2 Å². The summed E-state index contributed by atoms with van der Waals surface area (Å²) in [6, 6.07) is 3.61. The highest BCUT2D eigenvalue weighted by Gasteiger charge is 2.26. The summed E-state index contributed by atoms with van der Waals surface area (Å²) in [4.78, 5) is 0. The summed E-state index contributed by atoms with van der Waals surface area (Å²) >= 11 is 0. The smallest absolute Gasteiger partial charge is 0.176 e. The normalized spacial score (nSPS) is 19.8. The van der Waals surface area contributed by atoms with E-state index in [0.717, 1.165) is 25.7 Å². The summed E-state index contributed by atoms with van der Waals surface area (Å²) < 4.78 is 5.08. The summed E-state index contributed by atoms with van der Waals surface area (Å²) in [5.41, 5.74) is -0.773. The molecule has 0 aromatic carbocycles. The Hall–Kier alpha value is -1.20. The molecule has 0 spiro atoms. The Morgan fingerprint density at radius 2 is 2.07 bits per heavy atom. The number of furan rings is 1. The first-order valence-electron chi connectivity index (χ1n) is 5.08. The highest BCUT2D eigenvalue weighted by atomic mass is 16.3. The lowest BCUT2D eigenvalue weighted by molar-refractivity contribution is 0.0610. The molecule has 1 aliphatic rings. The van der Waals surface area contributed by atoms with Crippen molar-refractivity contribution in [3.8, 4) is 11.8 Å². The van der Waals surface area contributed by atoms with Crippen LogP contribution in [0.4, 0.5) is 0 Å². The second kappa shape index (κ2) is 3.89. The van der Waals surface area contributed by atoms with Crippen molar-refractivity contribution in [1.82, 2.24) is 0 Å². The Balaban J connectivity index is 2.08. The summed E-state index contributed by atoms with van der Waals surface area (Å²) in [7, 11) is 0. The molecule has 1 aliphatic carbocycles. The second-order valence-corrected chi connectivity index (χ2v) is 3.82. The Kier molecular flexibility index (Phi) is 2.60. The second-order valence-electron chi connectivity index (χ2n) is 3.82. The molecule has 1 aromatic heterocycles. The molecule has 2 rings (SSSR count). The number of hydrogen-bond acceptors (Lipinski definition) is 2. The molecule has 1 saturated carbocycles. The fourth-order valence-corrected chi connectivity index (χ4v) is 1.79. The molecule has 0 radical (unpaired) electrons. The zero-order chi connectivity index (χ0) is 9.86. The van der Waals surface area contributed by atoms with Gasteiger partial charge in [-0.2, -0.15) is 0 Å². The molecule has 1 N–H and O–H groups in total. The third-order valence-corrected chi connectivity index (χ3v) is 2.62. The van der Waals surface area contributed by atoms with Gasteiger partial charge in [0.2, 0.25) is 0 Å². The van der Waals surface area contributed by atoms with Crippen molar-refractivity contribution in [2.45, 2.75) is 37.7 Å². The first kappa shape index (κ1) is 9.36. The van der Waals surface area contributed by atoms with Crippen LogP contribution in [0.5, 0.6) is 0 Å². The van der Waals surface area contributed by atoms with Crippen molar-refractivity contribution in [2.24, 2.45) is 0 Å². The summed E-state index contributed by atoms with van der Waals surface area (Å²) in [5.74, 6) is 6.41. The average Bonchev–Trinajstić information content (AvgIpc) is 2.69. The Morgan fingerprint density at radius 3 is 2.71 bits per heavy atom. The van der Waals surface area contributed by atoms with Crippen LogP contribution in [0.15, 0.2) is 22.8 Å². The lowest BCUT2D eigenvalue weighted by atomic mass is 9.85. The maximum Gasteiger partial charge on any atom is 0.176 e. The van der Waals surface area contributed by atoms with Gasteiger partial charge in [0.25, 0.3) is 0 Å². The van der Waals surface area contributed by atoms with Gasteiger partial charge in [0.1, 0.15) is 5.60 Å². The minimum Gasteiger partial charge on any atom is -0.456 e. The largest absolute Gasteiger partial charge is 0.456 e. The predicted octanol–water partition coefficient (Wildman–Crippen LogP) is 2.33. The van der Waals surface area contributed by atoms with E-state index >= 15 is 0 Å². The topological polar surface area (TPSA) is 33.4 Å². The molecule has 0 aliphatic heterocycles. The van der Waals surface area contributed by atoms with Crippen LogP contribution in [-0.4, -0.2) is 10.7 Å². The molecular weight excluding hydrogens is 176 g/mol. The van der Waals surface area contributed by atoms with Gasteiger partial charge in [0.05, 0.1) is 6.26 Å². The minimum atomic E-state index is -0.773. The highest BCUT2D eigenvalue weighted by Crippen LogP contribution is 2.27. The molecule has 14 heavy (non-hydrogen) atoms. The van der Waals surface area contributed by atoms with Crippen LogP contribution in [0.25, 0.3) is 0 Å². The van der Waals surface area contributed by atoms with Gasteiger partial charge in [-0.15, -0.1) is 0 Å². The first-order chi connectivity index (χ1) is 6.79. The Bertz CT molecular complexity index is 334. The Morgan fingerprint density at radius 1 is 1.29 bits per heavy atom. The number of hydrogen-bond donors (Lipinski definition) is 1. The molecule has 1 fully saturated rings. The van der Waals surface area contributed by atoms with Crippen LogP contribution in [0.1, 0.15) is 37.9 Å². The van der Waals surface area contributed by atoms with Crippen LogP contribution in [0.3, 0.4) is 0 Å². The van der Waals surface area contributed by atoms with Crippen LogP contribution in [0.2, 0.25) is 0 Å². The van der Waals surface area contributed by atoms with Crippen molar-refractivity contribution in [1.29, 1.82) is 0 Å². The third-order valence-electron chi connectivity index (χ3n) is 2.62. The van der Waals surface area contributed by atoms with E-state index in [2.05, 4.69) is 11.8 Å². The molecule has 1 heterocycles. The number of rotatable bonds is 0. The van der Waals surface area contributed by atoms with E-state index in [1.54, 1.807) is 18.4 Å². The van der Waals surface area contributed by atoms with Gasteiger partial charge in [-0.05, 0) is 43.7 Å². The first-order valence-corrected chi connectivity index (χ1v) is 5.08. The monoisotopic (exact) mass is 190 g/mol. The molecule has 2 nitrogen and oxygen atoms in total. The van der Waals surface area contributed by atoms with Gasteiger partial charge >= 0.3 is 0 Å². The van der Waals surface area contributed by atoms with Crippen LogP contribution in [0, 0.1) is 11.8 Å². The molecule has 74 valence electrons. The molecule has 0 unspecified atom stereocenters. The van der Waals surface area contributed by atoms with E-state index < -0.39 is 5.60 Å². The van der Waals surface area contributed by atoms with Crippen molar-refractivity contribution < 1.29 is 9.52 Å². The van der Waals surface area contributed by atoms with E-state index in [-0.39, 0.29) is 0 Å². The predicted molar refractivity (Wildman–Crippen MR) is 53.6 cm³/mol. The van der Waals surface area contributed by atoms with Crippen molar-refractivity contribution in [2.75, 3.05) is 0 Å². The summed E-state index contributed by atoms with van der Waals surface area (Å²) in [5, 5.41) is 10.1. The fourth-order valence-electron chi connectivity index (χ4n) is 1.79. The van der Waals surface area contributed by atoms with Crippen molar-refractivity contribution >= 4 is 0 Å². The summed E-state index contributed by atoms with van der Waals surface area (Å²) in [6.07, 6.45) is 6.54. The van der Waals surface area contributed by atoms with E-state index in [4.69, 9.17) is 4.42 Å². The van der Waals surface area contributed by atoms with Crippen LogP contribution >= 0.6 is 0 Å². The SMILES string of the molecule is OC1(C#Cc2ccco2)CCCCC1. The standard InChI is InChI=1S/C12H14O2/c13-12(7-2-1-3-8-12)9-6-11-5-4-10-14-11/h4-5,10,13H,1-3,7-8H2.